The molecule has 0 aliphatic heterocycles. The molecule has 0 aromatic heterocycles. The predicted octanol–water partition coefficient (Wildman–Crippen LogP) is 13.1. The Morgan fingerprint density at radius 1 is 0.540 bits per heavy atom. The van der Waals surface area contributed by atoms with Gasteiger partial charge in [0.1, 0.15) is 12.6 Å². The van der Waals surface area contributed by atoms with Crippen LogP contribution in [0.5, 0.6) is 0 Å². The van der Waals surface area contributed by atoms with Gasteiger partial charge in [0, 0.05) is 12.8 Å². The van der Waals surface area contributed by atoms with E-state index in [1.165, 1.54) is 141 Å². The van der Waals surface area contributed by atoms with Crippen LogP contribution in [0.1, 0.15) is 226 Å². The third-order valence-electron chi connectivity index (χ3n) is 9.61. The van der Waals surface area contributed by atoms with Crippen LogP contribution in [0.2, 0.25) is 0 Å². The van der Waals surface area contributed by atoms with Crippen LogP contribution in [0.15, 0.2) is 24.3 Å². The summed E-state index contributed by atoms with van der Waals surface area (Å²) in [6.45, 7) is 4.18. The maximum Gasteiger partial charge on any atom is 0.322 e. The summed E-state index contributed by atoms with van der Waals surface area (Å²) in [5.41, 5.74) is 0. The quantitative estimate of drug-likeness (QED) is 0.0378. The molecular formula is C44H81NO5. The van der Waals surface area contributed by atoms with Crippen molar-refractivity contribution in [1.29, 1.82) is 0 Å². The number of nitrogens with one attached hydrogen (secondary N) is 1. The molecule has 6 nitrogen and oxygen atoms in total. The highest BCUT2D eigenvalue weighted by Crippen LogP contribution is 2.17. The molecule has 0 fully saturated rings. The van der Waals surface area contributed by atoms with Gasteiger partial charge in [-0.15, -0.1) is 0 Å². The molecule has 1 amide bonds. The zero-order valence-corrected chi connectivity index (χ0v) is 33.0. The number of allylic oxidation sites excluding steroid dienone is 3. The Labute approximate surface area is 309 Å². The number of aliphatic carboxylic acids is 1. The van der Waals surface area contributed by atoms with Gasteiger partial charge < -0.3 is 15.2 Å². The Balaban J connectivity index is 3.96. The first-order valence-corrected chi connectivity index (χ1v) is 21.5. The summed E-state index contributed by atoms with van der Waals surface area (Å²) in [4.78, 5) is 34.9. The summed E-state index contributed by atoms with van der Waals surface area (Å²) < 4.78 is 5.88. The van der Waals surface area contributed by atoms with Gasteiger partial charge in [-0.2, -0.15) is 0 Å². The van der Waals surface area contributed by atoms with Crippen LogP contribution in [-0.4, -0.2) is 35.6 Å². The summed E-state index contributed by atoms with van der Waals surface area (Å²) in [5, 5.41) is 11.1. The zero-order valence-electron chi connectivity index (χ0n) is 33.0. The lowest BCUT2D eigenvalue weighted by Crippen LogP contribution is -2.28. The molecule has 2 N–H and O–H groups in total. The van der Waals surface area contributed by atoms with Crippen molar-refractivity contribution in [2.75, 3.05) is 6.54 Å². The van der Waals surface area contributed by atoms with Crippen molar-refractivity contribution in [3.8, 4) is 0 Å². The van der Waals surface area contributed by atoms with Gasteiger partial charge in [-0.05, 0) is 51.0 Å². The standard InChI is InChI=1S/C44H81NO5/c1-3-5-7-9-11-13-14-15-16-17-18-19-20-21-22-23-24-25-27-29-35-39-44(49)50-41(36-32-28-26-12-10-8-6-4-2)37-33-30-31-34-38-42(46)45-40-43(47)48/h12,26,32,36,41H,3-11,13-25,27-31,33-35,37-40H2,1-2H3,(H,45,46)(H,47,48)/b26-12-,36-32-. The fourth-order valence-electron chi connectivity index (χ4n) is 6.41. The monoisotopic (exact) mass is 704 g/mol. The maximum absolute atomic E-state index is 12.7. The zero-order chi connectivity index (χ0) is 36.6. The number of ether oxygens (including phenoxy) is 1. The Bertz CT molecular complexity index is 823. The minimum Gasteiger partial charge on any atom is -0.480 e. The third-order valence-corrected chi connectivity index (χ3v) is 9.61. The molecule has 0 aromatic rings. The Hall–Kier alpha value is -2.11. The first kappa shape index (κ1) is 47.9. The number of carbonyl (C=O) groups is 3. The molecule has 0 bridgehead atoms. The summed E-state index contributed by atoms with van der Waals surface area (Å²) in [6, 6.07) is 0. The predicted molar refractivity (Wildman–Crippen MR) is 213 cm³/mol. The van der Waals surface area contributed by atoms with Gasteiger partial charge in [-0.25, -0.2) is 0 Å². The molecule has 50 heavy (non-hydrogen) atoms. The molecule has 0 aliphatic rings. The van der Waals surface area contributed by atoms with E-state index in [9.17, 15) is 14.4 Å². The fraction of sp³-hybridized carbons (Fsp3) is 0.841. The number of amides is 1. The summed E-state index contributed by atoms with van der Waals surface area (Å²) in [6.07, 6.45) is 47.6. The lowest BCUT2D eigenvalue weighted by Gasteiger charge is -2.14. The van der Waals surface area contributed by atoms with Crippen molar-refractivity contribution in [2.45, 2.75) is 232 Å². The smallest absolute Gasteiger partial charge is 0.322 e. The summed E-state index contributed by atoms with van der Waals surface area (Å²) in [7, 11) is 0. The van der Waals surface area contributed by atoms with Crippen molar-refractivity contribution in [3.63, 3.8) is 0 Å². The van der Waals surface area contributed by atoms with E-state index in [2.05, 4.69) is 37.4 Å². The first-order valence-electron chi connectivity index (χ1n) is 21.5. The van der Waals surface area contributed by atoms with E-state index in [1.807, 2.05) is 6.08 Å². The highest BCUT2D eigenvalue weighted by Gasteiger charge is 2.12. The normalized spacial score (nSPS) is 12.2. The van der Waals surface area contributed by atoms with Crippen molar-refractivity contribution < 1.29 is 24.2 Å². The maximum atomic E-state index is 12.7. The van der Waals surface area contributed by atoms with Gasteiger partial charge >= 0.3 is 11.9 Å². The van der Waals surface area contributed by atoms with Crippen LogP contribution in [0.4, 0.5) is 0 Å². The Morgan fingerprint density at radius 2 is 0.980 bits per heavy atom. The highest BCUT2D eigenvalue weighted by molar-refractivity contribution is 5.80. The first-order chi connectivity index (χ1) is 24.5. The van der Waals surface area contributed by atoms with Crippen LogP contribution in [0.25, 0.3) is 0 Å². The molecular weight excluding hydrogens is 622 g/mol. The topological polar surface area (TPSA) is 92.7 Å². The van der Waals surface area contributed by atoms with Crippen molar-refractivity contribution in [1.82, 2.24) is 5.32 Å². The van der Waals surface area contributed by atoms with E-state index in [0.29, 0.717) is 12.8 Å². The van der Waals surface area contributed by atoms with Gasteiger partial charge in [0.25, 0.3) is 0 Å². The van der Waals surface area contributed by atoms with Gasteiger partial charge in [-0.3, -0.25) is 14.4 Å². The molecule has 0 saturated heterocycles. The number of carbonyl (C=O) groups excluding carboxylic acids is 2. The number of carboxylic acids is 1. The highest BCUT2D eigenvalue weighted by atomic mass is 16.5. The van der Waals surface area contributed by atoms with Crippen LogP contribution in [0.3, 0.4) is 0 Å². The lowest BCUT2D eigenvalue weighted by atomic mass is 10.0. The van der Waals surface area contributed by atoms with Crippen LogP contribution in [-0.2, 0) is 19.1 Å². The van der Waals surface area contributed by atoms with E-state index in [4.69, 9.17) is 9.84 Å². The number of carboxylic acid groups (broad SMARTS) is 1. The molecule has 0 rings (SSSR count). The largest absolute Gasteiger partial charge is 0.480 e. The number of unbranched alkanes of at least 4 members (excludes halogenated alkanes) is 26. The van der Waals surface area contributed by atoms with Crippen molar-refractivity contribution in [2.24, 2.45) is 0 Å². The second-order valence-electron chi connectivity index (χ2n) is 14.6. The molecule has 1 atom stereocenters. The summed E-state index contributed by atoms with van der Waals surface area (Å²) >= 11 is 0. The van der Waals surface area contributed by atoms with E-state index >= 15 is 0 Å². The molecule has 0 spiro atoms. The van der Waals surface area contributed by atoms with E-state index < -0.39 is 5.97 Å². The number of esters is 1. The molecule has 6 heteroatoms. The van der Waals surface area contributed by atoms with Crippen molar-refractivity contribution in [3.05, 3.63) is 24.3 Å². The summed E-state index contributed by atoms with van der Waals surface area (Å²) in [5.74, 6) is -1.34. The van der Waals surface area contributed by atoms with Crippen LogP contribution in [0, 0.1) is 0 Å². The number of hydrogen-bond donors (Lipinski definition) is 2. The van der Waals surface area contributed by atoms with Crippen molar-refractivity contribution >= 4 is 17.8 Å². The molecule has 292 valence electrons. The molecule has 0 aromatic carbocycles. The average molecular weight is 704 g/mol. The molecule has 0 aliphatic carbocycles. The molecule has 1 unspecified atom stereocenters. The van der Waals surface area contributed by atoms with Crippen LogP contribution >= 0.6 is 0 Å². The minimum absolute atomic E-state index is 0.0948. The van der Waals surface area contributed by atoms with Gasteiger partial charge in [-0.1, -0.05) is 186 Å². The molecule has 0 heterocycles. The van der Waals surface area contributed by atoms with Gasteiger partial charge in [0.15, 0.2) is 0 Å². The van der Waals surface area contributed by atoms with Crippen LogP contribution < -0.4 is 5.32 Å². The number of rotatable bonds is 39. The SMILES string of the molecule is CCCCC/C=C\C/C=C\C(CCCCCCC(=O)NCC(=O)O)OC(=O)CCCCCCCCCCCCCCCCCCCCCCC. The van der Waals surface area contributed by atoms with E-state index in [1.54, 1.807) is 0 Å². The Morgan fingerprint density at radius 3 is 1.48 bits per heavy atom. The lowest BCUT2D eigenvalue weighted by molar-refractivity contribution is -0.147. The fourth-order valence-corrected chi connectivity index (χ4v) is 6.41. The Kier molecular flexibility index (Phi) is 38.0. The van der Waals surface area contributed by atoms with Gasteiger partial charge in [0.2, 0.25) is 5.91 Å². The second-order valence-corrected chi connectivity index (χ2v) is 14.6. The van der Waals surface area contributed by atoms with E-state index in [-0.39, 0.29) is 24.5 Å². The third kappa shape index (κ3) is 38.7. The average Bonchev–Trinajstić information content (AvgIpc) is 3.10. The number of hydrogen-bond acceptors (Lipinski definition) is 4. The minimum atomic E-state index is -1.03. The molecule has 0 radical (unpaired) electrons. The van der Waals surface area contributed by atoms with E-state index in [0.717, 1.165) is 57.8 Å². The molecule has 0 saturated carbocycles. The van der Waals surface area contributed by atoms with Gasteiger partial charge in [0.05, 0.1) is 0 Å². The second kappa shape index (κ2) is 39.7.